The van der Waals surface area contributed by atoms with Crippen molar-refractivity contribution >= 4 is 22.8 Å². The summed E-state index contributed by atoms with van der Waals surface area (Å²) in [5.74, 6) is 2.28. The number of methoxy groups -OCH3 is 1. The van der Waals surface area contributed by atoms with Gasteiger partial charge in [-0.25, -0.2) is 15.0 Å². The van der Waals surface area contributed by atoms with Crippen molar-refractivity contribution < 1.29 is 14.3 Å². The van der Waals surface area contributed by atoms with E-state index in [1.807, 2.05) is 12.1 Å². The summed E-state index contributed by atoms with van der Waals surface area (Å²) in [6.07, 6.45) is 5.06. The first-order valence-corrected chi connectivity index (χ1v) is 8.97. The average Bonchev–Trinajstić information content (AvgIpc) is 3.17. The van der Waals surface area contributed by atoms with Gasteiger partial charge in [0.2, 0.25) is 0 Å². The molecular weight excluding hydrogens is 346 g/mol. The quantitative estimate of drug-likeness (QED) is 0.745. The fourth-order valence-electron chi connectivity index (χ4n) is 4.00. The van der Waals surface area contributed by atoms with Crippen LogP contribution < -0.4 is 14.4 Å². The molecule has 8 nitrogen and oxygen atoms in total. The van der Waals surface area contributed by atoms with E-state index >= 15 is 0 Å². The molecule has 0 saturated carbocycles. The zero-order valence-electron chi connectivity index (χ0n) is 14.9. The molecule has 2 aliphatic rings. The fraction of sp³-hybridized carbons (Fsp3) is 0.368. The van der Waals surface area contributed by atoms with Crippen LogP contribution in [-0.4, -0.2) is 51.5 Å². The molecule has 2 aromatic heterocycles. The summed E-state index contributed by atoms with van der Waals surface area (Å²) in [7, 11) is 1.59. The van der Waals surface area contributed by atoms with Crippen LogP contribution in [0.5, 0.6) is 11.5 Å². The molecule has 2 aliphatic heterocycles. The molecule has 1 fully saturated rings. The van der Waals surface area contributed by atoms with Gasteiger partial charge in [0.1, 0.15) is 28.9 Å². The SMILES string of the molecule is COc1ccc2c(c1)C(=O)CC1(CCN(c3ncnc4nc[nH]c34)CC1)O2. The minimum atomic E-state index is -0.449. The Bertz CT molecular complexity index is 1020. The minimum Gasteiger partial charge on any atom is -0.497 e. The summed E-state index contributed by atoms with van der Waals surface area (Å²) in [6, 6.07) is 5.42. The van der Waals surface area contributed by atoms with Gasteiger partial charge >= 0.3 is 0 Å². The summed E-state index contributed by atoms with van der Waals surface area (Å²) in [5, 5.41) is 0. The summed E-state index contributed by atoms with van der Waals surface area (Å²) < 4.78 is 11.6. The zero-order valence-corrected chi connectivity index (χ0v) is 14.9. The second-order valence-corrected chi connectivity index (χ2v) is 7.03. The molecule has 3 aromatic rings. The lowest BCUT2D eigenvalue weighted by Crippen LogP contribution is -2.51. The Hall–Kier alpha value is -3.16. The first-order valence-electron chi connectivity index (χ1n) is 8.97. The van der Waals surface area contributed by atoms with Crippen molar-refractivity contribution in [2.75, 3.05) is 25.1 Å². The molecule has 0 amide bonds. The smallest absolute Gasteiger partial charge is 0.182 e. The third-order valence-corrected chi connectivity index (χ3v) is 5.47. The van der Waals surface area contributed by atoms with Crippen molar-refractivity contribution in [3.8, 4) is 11.5 Å². The Kier molecular flexibility index (Phi) is 3.53. The van der Waals surface area contributed by atoms with E-state index in [1.54, 1.807) is 19.5 Å². The number of fused-ring (bicyclic) bond motifs is 2. The molecule has 1 spiro atoms. The summed E-state index contributed by atoms with van der Waals surface area (Å²) in [6.45, 7) is 1.51. The largest absolute Gasteiger partial charge is 0.497 e. The van der Waals surface area contributed by atoms with E-state index in [2.05, 4.69) is 24.8 Å². The van der Waals surface area contributed by atoms with E-state index < -0.39 is 5.60 Å². The molecule has 138 valence electrons. The Morgan fingerprint density at radius 1 is 1.22 bits per heavy atom. The van der Waals surface area contributed by atoms with Crippen LogP contribution in [-0.2, 0) is 0 Å². The van der Waals surface area contributed by atoms with Crippen LogP contribution in [0.2, 0.25) is 0 Å². The maximum atomic E-state index is 12.7. The van der Waals surface area contributed by atoms with Crippen LogP contribution in [0.15, 0.2) is 30.9 Å². The average molecular weight is 365 g/mol. The van der Waals surface area contributed by atoms with E-state index in [0.29, 0.717) is 29.1 Å². The van der Waals surface area contributed by atoms with Gasteiger partial charge in [-0.15, -0.1) is 0 Å². The van der Waals surface area contributed by atoms with Crippen molar-refractivity contribution in [3.05, 3.63) is 36.4 Å². The maximum absolute atomic E-state index is 12.7. The lowest BCUT2D eigenvalue weighted by Gasteiger charge is -2.44. The Morgan fingerprint density at radius 2 is 2.07 bits per heavy atom. The number of carbonyl (C=O) groups excluding carboxylic acids is 1. The van der Waals surface area contributed by atoms with Gasteiger partial charge in [-0.3, -0.25) is 4.79 Å². The first-order chi connectivity index (χ1) is 13.2. The summed E-state index contributed by atoms with van der Waals surface area (Å²) >= 11 is 0. The number of ketones is 1. The van der Waals surface area contributed by atoms with Crippen molar-refractivity contribution in [1.82, 2.24) is 19.9 Å². The van der Waals surface area contributed by atoms with Gasteiger partial charge in [0.15, 0.2) is 17.2 Å². The fourth-order valence-corrected chi connectivity index (χ4v) is 4.00. The highest BCUT2D eigenvalue weighted by atomic mass is 16.5. The molecule has 0 bridgehead atoms. The predicted molar refractivity (Wildman–Crippen MR) is 98.4 cm³/mol. The molecule has 0 radical (unpaired) electrons. The van der Waals surface area contributed by atoms with Crippen molar-refractivity contribution in [2.45, 2.75) is 24.9 Å². The number of H-pyrrole nitrogens is 1. The van der Waals surface area contributed by atoms with E-state index in [1.165, 1.54) is 6.33 Å². The number of rotatable bonds is 2. The second kappa shape index (κ2) is 5.94. The van der Waals surface area contributed by atoms with Crippen LogP contribution >= 0.6 is 0 Å². The van der Waals surface area contributed by atoms with E-state index in [4.69, 9.17) is 9.47 Å². The van der Waals surface area contributed by atoms with Crippen molar-refractivity contribution in [2.24, 2.45) is 0 Å². The molecular formula is C19H19N5O3. The second-order valence-electron chi connectivity index (χ2n) is 7.03. The number of nitrogens with one attached hydrogen (secondary N) is 1. The number of ether oxygens (including phenoxy) is 2. The van der Waals surface area contributed by atoms with E-state index in [9.17, 15) is 4.79 Å². The highest BCUT2D eigenvalue weighted by Crippen LogP contribution is 2.41. The number of imidazole rings is 1. The Labute approximate surface area is 155 Å². The first kappa shape index (κ1) is 16.0. The van der Waals surface area contributed by atoms with Crippen LogP contribution in [0, 0.1) is 0 Å². The van der Waals surface area contributed by atoms with Gasteiger partial charge in [0.05, 0.1) is 25.4 Å². The van der Waals surface area contributed by atoms with Gasteiger partial charge in [-0.05, 0) is 18.2 Å². The molecule has 1 saturated heterocycles. The van der Waals surface area contributed by atoms with Gasteiger partial charge in [-0.2, -0.15) is 0 Å². The zero-order chi connectivity index (χ0) is 18.4. The van der Waals surface area contributed by atoms with Gasteiger partial charge in [-0.1, -0.05) is 0 Å². The molecule has 27 heavy (non-hydrogen) atoms. The van der Waals surface area contributed by atoms with Crippen LogP contribution in [0.3, 0.4) is 0 Å². The number of Topliss-reactive ketones (excluding diaryl/α,β-unsaturated/α-hetero) is 1. The number of anilines is 1. The number of hydrogen-bond acceptors (Lipinski definition) is 7. The molecule has 8 heteroatoms. The molecule has 5 rings (SSSR count). The number of hydrogen-bond donors (Lipinski definition) is 1. The van der Waals surface area contributed by atoms with Gasteiger partial charge in [0, 0.05) is 25.9 Å². The minimum absolute atomic E-state index is 0.113. The summed E-state index contributed by atoms with van der Waals surface area (Å²) in [5.41, 5.74) is 1.66. The predicted octanol–water partition coefficient (Wildman–Crippen LogP) is 2.37. The third-order valence-electron chi connectivity index (χ3n) is 5.47. The number of carbonyl (C=O) groups is 1. The number of aromatic nitrogens is 4. The van der Waals surface area contributed by atoms with E-state index in [-0.39, 0.29) is 5.78 Å². The van der Waals surface area contributed by atoms with Gasteiger partial charge in [0.25, 0.3) is 0 Å². The Balaban J connectivity index is 1.38. The number of aromatic amines is 1. The molecule has 4 heterocycles. The lowest BCUT2D eigenvalue weighted by atomic mass is 9.82. The standard InChI is InChI=1S/C19H19N5O3/c1-26-12-2-3-15-13(8-12)14(25)9-19(27-15)4-6-24(7-5-19)18-16-17(21-10-20-16)22-11-23-18/h2-3,8,10-11H,4-7,9H2,1H3,(H,20,21,22,23). The molecule has 1 N–H and O–H groups in total. The molecule has 0 aliphatic carbocycles. The van der Waals surface area contributed by atoms with Gasteiger partial charge < -0.3 is 19.4 Å². The number of piperidine rings is 1. The van der Waals surface area contributed by atoms with E-state index in [0.717, 1.165) is 37.3 Å². The third kappa shape index (κ3) is 2.59. The molecule has 0 unspecified atom stereocenters. The monoisotopic (exact) mass is 365 g/mol. The number of benzene rings is 1. The molecule has 0 atom stereocenters. The highest BCUT2D eigenvalue weighted by Gasteiger charge is 2.43. The maximum Gasteiger partial charge on any atom is 0.182 e. The van der Waals surface area contributed by atoms with Crippen LogP contribution in [0.4, 0.5) is 5.82 Å². The molecule has 1 aromatic carbocycles. The van der Waals surface area contributed by atoms with Crippen LogP contribution in [0.1, 0.15) is 29.6 Å². The topological polar surface area (TPSA) is 93.2 Å². The Morgan fingerprint density at radius 3 is 2.89 bits per heavy atom. The highest BCUT2D eigenvalue weighted by molar-refractivity contribution is 6.00. The van der Waals surface area contributed by atoms with Crippen molar-refractivity contribution in [1.29, 1.82) is 0 Å². The van der Waals surface area contributed by atoms with Crippen LogP contribution in [0.25, 0.3) is 11.2 Å². The summed E-state index contributed by atoms with van der Waals surface area (Å²) in [4.78, 5) is 30.8. The van der Waals surface area contributed by atoms with Crippen molar-refractivity contribution in [3.63, 3.8) is 0 Å². The number of nitrogens with zero attached hydrogens (tertiary/aromatic N) is 4. The lowest BCUT2D eigenvalue weighted by molar-refractivity contribution is 0.0230. The normalized spacial score (nSPS) is 18.4.